The second-order valence-electron chi connectivity index (χ2n) is 5.68. The molecule has 1 aromatic carbocycles. The number of aromatic nitrogens is 1. The van der Waals surface area contributed by atoms with Crippen LogP contribution in [0.15, 0.2) is 30.6 Å². The van der Waals surface area contributed by atoms with E-state index in [1.54, 1.807) is 30.6 Å². The monoisotopic (exact) mass is 315 g/mol. The van der Waals surface area contributed by atoms with Gasteiger partial charge in [-0.2, -0.15) is 0 Å². The number of carbonyl (C=O) groups is 3. The van der Waals surface area contributed by atoms with E-state index in [-0.39, 0.29) is 12.0 Å². The number of benzene rings is 1. The number of aromatic amines is 1. The minimum Gasteiger partial charge on any atom is -0.367 e. The second kappa shape index (κ2) is 6.75. The quantitative estimate of drug-likeness (QED) is 0.389. The molecule has 122 valence electrons. The lowest BCUT2D eigenvalue weighted by molar-refractivity contribution is -0.144. The Balaban J connectivity index is 2.36. The molecule has 6 heteroatoms. The summed E-state index contributed by atoms with van der Waals surface area (Å²) in [6, 6.07) is 4.88. The highest BCUT2D eigenvalue weighted by molar-refractivity contribution is 6.44. The summed E-state index contributed by atoms with van der Waals surface area (Å²) < 4.78 is 0. The Morgan fingerprint density at radius 1 is 1.13 bits per heavy atom. The third-order valence-corrected chi connectivity index (χ3v) is 4.03. The SMILES string of the molecule is CCCCCC(=O)C(=O)C(N)(C(N)=O)c1ccc2c[nH]cc2c1. The summed E-state index contributed by atoms with van der Waals surface area (Å²) in [6.07, 6.45) is 5.92. The van der Waals surface area contributed by atoms with Gasteiger partial charge in [0.25, 0.3) is 0 Å². The van der Waals surface area contributed by atoms with Crippen LogP contribution in [0.25, 0.3) is 10.8 Å². The number of Topliss-reactive ketones (excluding diaryl/α,β-unsaturated/α-hetero) is 2. The van der Waals surface area contributed by atoms with Gasteiger partial charge in [-0.1, -0.05) is 31.9 Å². The fraction of sp³-hybridized carbons (Fsp3) is 0.353. The normalized spacial score (nSPS) is 13.7. The number of rotatable bonds is 8. The molecule has 5 N–H and O–H groups in total. The van der Waals surface area contributed by atoms with Gasteiger partial charge in [-0.05, 0) is 28.8 Å². The van der Waals surface area contributed by atoms with E-state index in [0.29, 0.717) is 6.42 Å². The number of carbonyl (C=O) groups excluding carboxylic acids is 3. The first-order valence-corrected chi connectivity index (χ1v) is 7.64. The van der Waals surface area contributed by atoms with Crippen LogP contribution < -0.4 is 11.5 Å². The van der Waals surface area contributed by atoms with Crippen LogP contribution in [0.4, 0.5) is 0 Å². The second-order valence-corrected chi connectivity index (χ2v) is 5.68. The van der Waals surface area contributed by atoms with Crippen molar-refractivity contribution in [2.24, 2.45) is 11.5 Å². The van der Waals surface area contributed by atoms with Crippen LogP contribution in [0.3, 0.4) is 0 Å². The molecule has 1 aromatic heterocycles. The molecule has 0 saturated heterocycles. The molecule has 2 aromatic rings. The Hall–Kier alpha value is -2.47. The van der Waals surface area contributed by atoms with Crippen LogP contribution in [-0.4, -0.2) is 22.5 Å². The number of hydrogen-bond donors (Lipinski definition) is 3. The first-order chi connectivity index (χ1) is 10.9. The van der Waals surface area contributed by atoms with E-state index >= 15 is 0 Å². The molecule has 2 rings (SSSR count). The van der Waals surface area contributed by atoms with Gasteiger partial charge in [0.15, 0.2) is 5.54 Å². The van der Waals surface area contributed by atoms with Crippen LogP contribution >= 0.6 is 0 Å². The molecule has 0 bridgehead atoms. The lowest BCUT2D eigenvalue weighted by atomic mass is 9.82. The van der Waals surface area contributed by atoms with E-state index in [4.69, 9.17) is 11.5 Å². The van der Waals surface area contributed by atoms with Crippen molar-refractivity contribution in [1.82, 2.24) is 4.98 Å². The Labute approximate surface area is 134 Å². The van der Waals surface area contributed by atoms with Crippen molar-refractivity contribution in [3.05, 3.63) is 36.2 Å². The van der Waals surface area contributed by atoms with Gasteiger partial charge >= 0.3 is 0 Å². The number of unbranched alkanes of at least 4 members (excludes halogenated alkanes) is 2. The van der Waals surface area contributed by atoms with E-state index in [2.05, 4.69) is 4.98 Å². The molecule has 1 heterocycles. The maximum Gasteiger partial charge on any atom is 0.250 e. The van der Waals surface area contributed by atoms with E-state index < -0.39 is 23.0 Å². The molecular weight excluding hydrogens is 294 g/mol. The maximum absolute atomic E-state index is 12.5. The zero-order valence-corrected chi connectivity index (χ0v) is 13.1. The first kappa shape index (κ1) is 16.9. The Kier molecular flexibility index (Phi) is 4.95. The molecule has 0 spiro atoms. The van der Waals surface area contributed by atoms with Crippen LogP contribution in [0.2, 0.25) is 0 Å². The highest BCUT2D eigenvalue weighted by Crippen LogP contribution is 2.25. The molecule has 0 aliphatic rings. The molecule has 0 aliphatic heterocycles. The summed E-state index contributed by atoms with van der Waals surface area (Å²) in [6.45, 7) is 2.00. The number of hydrogen-bond acceptors (Lipinski definition) is 4. The Morgan fingerprint density at radius 2 is 1.83 bits per heavy atom. The molecule has 0 radical (unpaired) electrons. The number of fused-ring (bicyclic) bond motifs is 1. The molecule has 6 nitrogen and oxygen atoms in total. The van der Waals surface area contributed by atoms with Crippen molar-refractivity contribution in [3.63, 3.8) is 0 Å². The smallest absolute Gasteiger partial charge is 0.250 e. The molecular formula is C17H21N3O3. The molecule has 1 amide bonds. The van der Waals surface area contributed by atoms with Gasteiger partial charge in [0.2, 0.25) is 17.5 Å². The van der Waals surface area contributed by atoms with Gasteiger partial charge in [0.05, 0.1) is 0 Å². The number of ketones is 2. The van der Waals surface area contributed by atoms with Gasteiger partial charge in [-0.25, -0.2) is 0 Å². The van der Waals surface area contributed by atoms with Crippen molar-refractivity contribution in [3.8, 4) is 0 Å². The first-order valence-electron chi connectivity index (χ1n) is 7.64. The van der Waals surface area contributed by atoms with E-state index in [1.165, 1.54) is 0 Å². The van der Waals surface area contributed by atoms with E-state index in [1.807, 2.05) is 6.92 Å². The Bertz CT molecular complexity index is 750. The lowest BCUT2D eigenvalue weighted by Crippen LogP contribution is -2.57. The molecule has 0 aliphatic carbocycles. The maximum atomic E-state index is 12.5. The number of nitrogens with one attached hydrogen (secondary N) is 1. The number of nitrogens with two attached hydrogens (primary N) is 2. The third-order valence-electron chi connectivity index (χ3n) is 4.03. The molecule has 23 heavy (non-hydrogen) atoms. The van der Waals surface area contributed by atoms with Crippen molar-refractivity contribution < 1.29 is 14.4 Å². The highest BCUT2D eigenvalue weighted by atomic mass is 16.2. The van der Waals surface area contributed by atoms with Crippen molar-refractivity contribution in [1.29, 1.82) is 0 Å². The van der Waals surface area contributed by atoms with Crippen LogP contribution in [-0.2, 0) is 19.9 Å². The number of amides is 1. The Morgan fingerprint density at radius 3 is 2.48 bits per heavy atom. The fourth-order valence-corrected chi connectivity index (χ4v) is 2.55. The zero-order chi connectivity index (χ0) is 17.0. The molecule has 0 fully saturated rings. The minimum absolute atomic E-state index is 0.0747. The minimum atomic E-state index is -2.13. The van der Waals surface area contributed by atoms with Crippen LogP contribution in [0.5, 0.6) is 0 Å². The standard InChI is InChI=1S/C17H21N3O3/c1-2-3-4-5-14(21)15(22)17(19,16(18)23)13-7-6-11-9-20-10-12(11)8-13/h6-10,20H,2-5,19H2,1H3,(H2,18,23). The van der Waals surface area contributed by atoms with Gasteiger partial charge < -0.3 is 16.5 Å². The fourth-order valence-electron chi connectivity index (χ4n) is 2.55. The average molecular weight is 315 g/mol. The number of primary amides is 1. The number of H-pyrrole nitrogens is 1. The predicted octanol–water partition coefficient (Wildman–Crippen LogP) is 1.53. The van der Waals surface area contributed by atoms with E-state index in [0.717, 1.165) is 23.6 Å². The van der Waals surface area contributed by atoms with Crippen molar-refractivity contribution >= 4 is 28.2 Å². The summed E-state index contributed by atoms with van der Waals surface area (Å²) >= 11 is 0. The lowest BCUT2D eigenvalue weighted by Gasteiger charge is -2.24. The summed E-state index contributed by atoms with van der Waals surface area (Å²) in [5, 5.41) is 1.69. The zero-order valence-electron chi connectivity index (χ0n) is 13.1. The van der Waals surface area contributed by atoms with Gasteiger partial charge in [0, 0.05) is 18.8 Å². The van der Waals surface area contributed by atoms with Gasteiger partial charge in [0.1, 0.15) is 0 Å². The van der Waals surface area contributed by atoms with Gasteiger partial charge in [-0.3, -0.25) is 14.4 Å². The topological polar surface area (TPSA) is 119 Å². The summed E-state index contributed by atoms with van der Waals surface area (Å²) in [4.78, 5) is 39.4. The molecule has 1 unspecified atom stereocenters. The highest BCUT2D eigenvalue weighted by Gasteiger charge is 2.45. The average Bonchev–Trinajstić information content (AvgIpc) is 3.00. The largest absolute Gasteiger partial charge is 0.367 e. The van der Waals surface area contributed by atoms with Gasteiger partial charge in [-0.15, -0.1) is 0 Å². The molecule has 0 saturated carbocycles. The van der Waals surface area contributed by atoms with Crippen molar-refractivity contribution in [2.45, 2.75) is 38.1 Å². The summed E-state index contributed by atoms with van der Waals surface area (Å²) in [5.41, 5.74) is 9.48. The third kappa shape index (κ3) is 3.17. The van der Waals surface area contributed by atoms with Crippen molar-refractivity contribution in [2.75, 3.05) is 0 Å². The van der Waals surface area contributed by atoms with Crippen LogP contribution in [0.1, 0.15) is 38.2 Å². The molecule has 1 atom stereocenters. The summed E-state index contributed by atoms with van der Waals surface area (Å²) in [7, 11) is 0. The predicted molar refractivity (Wildman–Crippen MR) is 87.5 cm³/mol. The summed E-state index contributed by atoms with van der Waals surface area (Å²) in [5.74, 6) is -2.63. The van der Waals surface area contributed by atoms with Crippen LogP contribution in [0, 0.1) is 0 Å². The van der Waals surface area contributed by atoms with E-state index in [9.17, 15) is 14.4 Å².